The van der Waals surface area contributed by atoms with E-state index < -0.39 is 0 Å². The van der Waals surface area contributed by atoms with Crippen LogP contribution in [0.25, 0.3) is 0 Å². The van der Waals surface area contributed by atoms with Gasteiger partial charge >= 0.3 is 0 Å². The summed E-state index contributed by atoms with van der Waals surface area (Å²) in [5, 5.41) is 3.00. The van der Waals surface area contributed by atoms with Crippen molar-refractivity contribution in [1.82, 2.24) is 10.3 Å². The van der Waals surface area contributed by atoms with Gasteiger partial charge in [0.1, 0.15) is 0 Å². The van der Waals surface area contributed by atoms with Crippen molar-refractivity contribution in [3.05, 3.63) is 22.3 Å². The van der Waals surface area contributed by atoms with E-state index in [-0.39, 0.29) is 11.9 Å². The molecule has 92 valence electrons. The van der Waals surface area contributed by atoms with Crippen molar-refractivity contribution in [3.63, 3.8) is 0 Å². The van der Waals surface area contributed by atoms with Gasteiger partial charge in [-0.3, -0.25) is 4.79 Å². The topological polar surface area (TPSA) is 80.0 Å². The normalized spacial score (nSPS) is 15.9. The third-order valence-corrected chi connectivity index (χ3v) is 3.36. The molecule has 1 aliphatic carbocycles. The van der Waals surface area contributed by atoms with Crippen LogP contribution in [0.5, 0.6) is 0 Å². The second-order valence-corrected chi connectivity index (χ2v) is 5.06. The fourth-order valence-corrected chi connectivity index (χ4v) is 2.39. The number of aromatic nitrogens is 1. The first kappa shape index (κ1) is 12.3. The number of hydrogen-bond acceptors (Lipinski definition) is 4. The Morgan fingerprint density at radius 2 is 2.18 bits per heavy atom. The molecule has 0 aliphatic heterocycles. The molecular formula is C11H15BrN4O. The molecule has 0 aromatic carbocycles. The number of halogens is 1. The molecule has 0 bridgehead atoms. The second-order valence-electron chi connectivity index (χ2n) is 4.15. The van der Waals surface area contributed by atoms with E-state index >= 15 is 0 Å². The van der Waals surface area contributed by atoms with Crippen molar-refractivity contribution in [3.8, 4) is 0 Å². The van der Waals surface area contributed by atoms with Gasteiger partial charge in [0.25, 0.3) is 5.91 Å². The zero-order valence-electron chi connectivity index (χ0n) is 9.37. The van der Waals surface area contributed by atoms with E-state index in [1.807, 2.05) is 0 Å². The van der Waals surface area contributed by atoms with Crippen molar-refractivity contribution < 1.29 is 4.79 Å². The van der Waals surface area contributed by atoms with Crippen LogP contribution in [0.2, 0.25) is 0 Å². The summed E-state index contributed by atoms with van der Waals surface area (Å²) in [4.78, 5) is 16.1. The Bertz CT molecular complexity index is 418. The van der Waals surface area contributed by atoms with Crippen molar-refractivity contribution in [2.45, 2.75) is 31.7 Å². The number of nitrogens with one attached hydrogen (secondary N) is 2. The first-order valence-corrected chi connectivity index (χ1v) is 6.43. The quantitative estimate of drug-likeness (QED) is 0.587. The Hall–Kier alpha value is -1.14. The minimum Gasteiger partial charge on any atom is -0.349 e. The van der Waals surface area contributed by atoms with Crippen LogP contribution in [-0.2, 0) is 0 Å². The summed E-state index contributed by atoms with van der Waals surface area (Å²) >= 11 is 3.30. The molecule has 1 fully saturated rings. The van der Waals surface area contributed by atoms with Crippen molar-refractivity contribution in [2.24, 2.45) is 5.84 Å². The highest BCUT2D eigenvalue weighted by molar-refractivity contribution is 9.10. The molecule has 0 unspecified atom stereocenters. The van der Waals surface area contributed by atoms with E-state index in [1.165, 1.54) is 12.8 Å². The average molecular weight is 299 g/mol. The Morgan fingerprint density at radius 3 is 2.82 bits per heavy atom. The van der Waals surface area contributed by atoms with Crippen LogP contribution in [0.4, 0.5) is 5.82 Å². The Kier molecular flexibility index (Phi) is 3.96. The van der Waals surface area contributed by atoms with Crippen LogP contribution in [0, 0.1) is 0 Å². The molecule has 0 saturated heterocycles. The lowest BCUT2D eigenvalue weighted by Gasteiger charge is -2.13. The predicted octanol–water partition coefficient (Wildman–Crippen LogP) is 1.80. The number of pyridine rings is 1. The molecule has 2 rings (SSSR count). The van der Waals surface area contributed by atoms with Crippen LogP contribution < -0.4 is 16.6 Å². The highest BCUT2D eigenvalue weighted by atomic mass is 79.9. The third-order valence-electron chi connectivity index (χ3n) is 2.93. The summed E-state index contributed by atoms with van der Waals surface area (Å²) in [5.74, 6) is 5.60. The zero-order valence-corrected chi connectivity index (χ0v) is 11.0. The lowest BCUT2D eigenvalue weighted by atomic mass is 10.2. The van der Waals surface area contributed by atoms with E-state index in [9.17, 15) is 4.79 Å². The summed E-state index contributed by atoms with van der Waals surface area (Å²) in [6.07, 6.45) is 6.08. The smallest absolute Gasteiger partial charge is 0.255 e. The molecular weight excluding hydrogens is 284 g/mol. The first-order chi connectivity index (χ1) is 8.20. The number of anilines is 1. The number of amides is 1. The molecule has 17 heavy (non-hydrogen) atoms. The minimum atomic E-state index is -0.126. The molecule has 1 saturated carbocycles. The molecule has 0 atom stereocenters. The Labute approximate surface area is 108 Å². The van der Waals surface area contributed by atoms with Crippen LogP contribution in [0.3, 0.4) is 0 Å². The summed E-state index contributed by atoms with van der Waals surface area (Å²) in [6.45, 7) is 0. The fourth-order valence-electron chi connectivity index (χ4n) is 2.06. The number of rotatable bonds is 3. The monoisotopic (exact) mass is 298 g/mol. The van der Waals surface area contributed by atoms with Gasteiger partial charge in [-0.05, 0) is 34.8 Å². The number of nitrogen functional groups attached to an aromatic ring is 1. The molecule has 0 spiro atoms. The van der Waals surface area contributed by atoms with Crippen molar-refractivity contribution in [2.75, 3.05) is 5.43 Å². The molecule has 1 aromatic heterocycles. The van der Waals surface area contributed by atoms with Gasteiger partial charge in [0, 0.05) is 16.7 Å². The van der Waals surface area contributed by atoms with Gasteiger partial charge in [-0.25, -0.2) is 10.8 Å². The van der Waals surface area contributed by atoms with Crippen molar-refractivity contribution in [1.29, 1.82) is 0 Å². The minimum absolute atomic E-state index is 0.126. The number of nitrogens with zero attached hydrogens (tertiary/aromatic N) is 1. The van der Waals surface area contributed by atoms with Gasteiger partial charge in [0.05, 0.1) is 5.56 Å². The summed E-state index contributed by atoms with van der Waals surface area (Å²) in [7, 11) is 0. The van der Waals surface area contributed by atoms with E-state index in [0.717, 1.165) is 17.3 Å². The maximum atomic E-state index is 12.1. The molecule has 1 aliphatic rings. The highest BCUT2D eigenvalue weighted by Gasteiger charge is 2.20. The fraction of sp³-hybridized carbons (Fsp3) is 0.455. The molecule has 1 heterocycles. The van der Waals surface area contributed by atoms with Crippen LogP contribution in [0.1, 0.15) is 36.0 Å². The summed E-state index contributed by atoms with van der Waals surface area (Å²) in [6, 6.07) is 2.00. The molecule has 4 N–H and O–H groups in total. The van der Waals surface area contributed by atoms with Gasteiger partial charge in [-0.2, -0.15) is 0 Å². The molecule has 5 nitrogen and oxygen atoms in total. The van der Waals surface area contributed by atoms with Gasteiger partial charge in [0.15, 0.2) is 5.82 Å². The lowest BCUT2D eigenvalue weighted by Crippen LogP contribution is -2.33. The van der Waals surface area contributed by atoms with E-state index in [1.54, 1.807) is 12.3 Å². The number of carbonyl (C=O) groups excluding carboxylic acids is 1. The summed E-state index contributed by atoms with van der Waals surface area (Å²) in [5.41, 5.74) is 2.90. The van der Waals surface area contributed by atoms with E-state index in [0.29, 0.717) is 11.4 Å². The first-order valence-electron chi connectivity index (χ1n) is 5.63. The second kappa shape index (κ2) is 5.46. The largest absolute Gasteiger partial charge is 0.349 e. The number of nitrogens with two attached hydrogens (primary N) is 1. The van der Waals surface area contributed by atoms with E-state index in [2.05, 4.69) is 31.7 Å². The number of hydrazine groups is 1. The maximum absolute atomic E-state index is 12.1. The zero-order chi connectivity index (χ0) is 12.3. The number of carbonyl (C=O) groups is 1. The summed E-state index contributed by atoms with van der Waals surface area (Å²) < 4.78 is 0.757. The maximum Gasteiger partial charge on any atom is 0.255 e. The molecule has 1 amide bonds. The molecule has 0 radical (unpaired) electrons. The van der Waals surface area contributed by atoms with Crippen LogP contribution in [0.15, 0.2) is 16.7 Å². The standard InChI is InChI=1S/C11H15BrN4O/c12-7-5-9(10(16-13)14-6-7)11(17)15-8-3-1-2-4-8/h5-6,8H,1-4,13H2,(H,14,16)(H,15,17). The highest BCUT2D eigenvalue weighted by Crippen LogP contribution is 2.20. The molecule has 1 aromatic rings. The van der Waals surface area contributed by atoms with Crippen LogP contribution >= 0.6 is 15.9 Å². The Morgan fingerprint density at radius 1 is 1.47 bits per heavy atom. The number of hydrogen-bond donors (Lipinski definition) is 3. The van der Waals surface area contributed by atoms with Gasteiger partial charge in [0.2, 0.25) is 0 Å². The van der Waals surface area contributed by atoms with Gasteiger partial charge in [-0.1, -0.05) is 12.8 Å². The predicted molar refractivity (Wildman–Crippen MR) is 69.5 cm³/mol. The molecule has 6 heteroatoms. The van der Waals surface area contributed by atoms with Gasteiger partial charge in [-0.15, -0.1) is 0 Å². The lowest BCUT2D eigenvalue weighted by molar-refractivity contribution is 0.0938. The Balaban J connectivity index is 2.14. The average Bonchev–Trinajstić information content (AvgIpc) is 2.81. The third kappa shape index (κ3) is 2.95. The van der Waals surface area contributed by atoms with Gasteiger partial charge < -0.3 is 10.7 Å². The van der Waals surface area contributed by atoms with Crippen LogP contribution in [-0.4, -0.2) is 16.9 Å². The SMILES string of the molecule is NNc1ncc(Br)cc1C(=O)NC1CCCC1. The van der Waals surface area contributed by atoms with E-state index in [4.69, 9.17) is 5.84 Å². The van der Waals surface area contributed by atoms with Crippen molar-refractivity contribution >= 4 is 27.7 Å².